The Bertz CT molecular complexity index is 567. The van der Waals surface area contributed by atoms with Gasteiger partial charge in [0.1, 0.15) is 0 Å². The summed E-state index contributed by atoms with van der Waals surface area (Å²) in [7, 11) is 0. The fourth-order valence-electron chi connectivity index (χ4n) is 4.32. The SMILES string of the molecule is Cc1cccc(CCC(=O)NC2CCN(C3CCCCC3O)CC2)c1. The number of piperidine rings is 1. The van der Waals surface area contributed by atoms with E-state index in [1.54, 1.807) is 0 Å². The van der Waals surface area contributed by atoms with Crippen molar-refractivity contribution in [1.29, 1.82) is 0 Å². The maximum absolute atomic E-state index is 12.2. The molecule has 1 aromatic rings. The molecule has 0 radical (unpaired) electrons. The van der Waals surface area contributed by atoms with Gasteiger partial charge in [-0.2, -0.15) is 0 Å². The van der Waals surface area contributed by atoms with E-state index in [0.717, 1.165) is 51.6 Å². The zero-order chi connectivity index (χ0) is 17.6. The van der Waals surface area contributed by atoms with E-state index in [2.05, 4.69) is 41.4 Å². The molecule has 1 aromatic carbocycles. The molecule has 1 saturated carbocycles. The lowest BCUT2D eigenvalue weighted by Crippen LogP contribution is -2.52. The van der Waals surface area contributed by atoms with Crippen LogP contribution in [0.15, 0.2) is 24.3 Å². The second-order valence-corrected chi connectivity index (χ2v) is 7.79. The zero-order valence-corrected chi connectivity index (χ0v) is 15.4. The third kappa shape index (κ3) is 5.29. The fraction of sp³-hybridized carbons (Fsp3) is 0.667. The molecule has 25 heavy (non-hydrogen) atoms. The van der Waals surface area contributed by atoms with E-state index in [4.69, 9.17) is 0 Å². The van der Waals surface area contributed by atoms with Crippen molar-refractivity contribution in [3.63, 3.8) is 0 Å². The van der Waals surface area contributed by atoms with Gasteiger partial charge in [0.25, 0.3) is 0 Å². The van der Waals surface area contributed by atoms with E-state index < -0.39 is 0 Å². The molecule has 1 aliphatic carbocycles. The number of amides is 1. The molecule has 3 rings (SSSR count). The Balaban J connectivity index is 1.39. The average Bonchev–Trinajstić information content (AvgIpc) is 2.61. The molecule has 2 N–H and O–H groups in total. The van der Waals surface area contributed by atoms with Gasteiger partial charge in [-0.05, 0) is 44.6 Å². The number of nitrogens with zero attached hydrogens (tertiary/aromatic N) is 1. The summed E-state index contributed by atoms with van der Waals surface area (Å²) < 4.78 is 0. The van der Waals surface area contributed by atoms with Crippen molar-refractivity contribution in [3.8, 4) is 0 Å². The first kappa shape index (κ1) is 18.4. The average molecular weight is 344 g/mol. The summed E-state index contributed by atoms with van der Waals surface area (Å²) in [6.07, 6.45) is 7.66. The summed E-state index contributed by atoms with van der Waals surface area (Å²) in [6.45, 7) is 4.07. The number of hydrogen-bond donors (Lipinski definition) is 2. The minimum absolute atomic E-state index is 0.158. The van der Waals surface area contributed by atoms with Gasteiger partial charge >= 0.3 is 0 Å². The lowest BCUT2D eigenvalue weighted by molar-refractivity contribution is -0.122. The molecule has 0 bridgehead atoms. The minimum atomic E-state index is -0.158. The number of nitrogens with one attached hydrogen (secondary N) is 1. The molecule has 0 spiro atoms. The number of benzene rings is 1. The Morgan fingerprint density at radius 2 is 1.96 bits per heavy atom. The number of aryl methyl sites for hydroxylation is 2. The first-order chi connectivity index (χ1) is 12.1. The van der Waals surface area contributed by atoms with Crippen molar-refractivity contribution in [2.45, 2.75) is 76.5 Å². The van der Waals surface area contributed by atoms with Crippen molar-refractivity contribution in [2.75, 3.05) is 13.1 Å². The van der Waals surface area contributed by atoms with Crippen LogP contribution in [0.5, 0.6) is 0 Å². The summed E-state index contributed by atoms with van der Waals surface area (Å²) in [5.74, 6) is 0.164. The molecule has 0 aromatic heterocycles. The summed E-state index contributed by atoms with van der Waals surface area (Å²) in [5.41, 5.74) is 2.48. The molecule has 1 heterocycles. The Morgan fingerprint density at radius 1 is 1.20 bits per heavy atom. The Kier molecular flexibility index (Phi) is 6.49. The molecular weight excluding hydrogens is 312 g/mol. The topological polar surface area (TPSA) is 52.6 Å². The van der Waals surface area contributed by atoms with Crippen LogP contribution < -0.4 is 5.32 Å². The monoisotopic (exact) mass is 344 g/mol. The number of aliphatic hydroxyl groups is 1. The van der Waals surface area contributed by atoms with E-state index in [0.29, 0.717) is 18.5 Å². The van der Waals surface area contributed by atoms with Crippen molar-refractivity contribution in [1.82, 2.24) is 10.2 Å². The van der Waals surface area contributed by atoms with Gasteiger partial charge in [-0.3, -0.25) is 9.69 Å². The molecule has 4 heteroatoms. The predicted octanol–water partition coefficient (Wildman–Crippen LogP) is 2.81. The maximum Gasteiger partial charge on any atom is 0.220 e. The van der Waals surface area contributed by atoms with Gasteiger partial charge in [-0.1, -0.05) is 42.7 Å². The lowest BCUT2D eigenvalue weighted by Gasteiger charge is -2.41. The smallest absolute Gasteiger partial charge is 0.220 e. The highest BCUT2D eigenvalue weighted by molar-refractivity contribution is 5.76. The highest BCUT2D eigenvalue weighted by Gasteiger charge is 2.31. The van der Waals surface area contributed by atoms with E-state index in [9.17, 15) is 9.90 Å². The third-order valence-electron chi connectivity index (χ3n) is 5.78. The maximum atomic E-state index is 12.2. The lowest BCUT2D eigenvalue weighted by atomic mass is 9.89. The predicted molar refractivity (Wildman–Crippen MR) is 101 cm³/mol. The van der Waals surface area contributed by atoms with E-state index >= 15 is 0 Å². The Hall–Kier alpha value is -1.39. The standard InChI is InChI=1S/C21H32N2O2/c1-16-5-4-6-17(15-16)9-10-21(25)22-18-11-13-23(14-12-18)19-7-2-3-8-20(19)24/h4-6,15,18-20,24H,2-3,7-14H2,1H3,(H,22,25). The highest BCUT2D eigenvalue weighted by Crippen LogP contribution is 2.25. The van der Waals surface area contributed by atoms with Crippen LogP contribution in [-0.2, 0) is 11.2 Å². The molecular formula is C21H32N2O2. The minimum Gasteiger partial charge on any atom is -0.391 e. The molecule has 138 valence electrons. The number of rotatable bonds is 5. The summed E-state index contributed by atoms with van der Waals surface area (Å²) >= 11 is 0. The van der Waals surface area contributed by atoms with Crippen molar-refractivity contribution < 1.29 is 9.90 Å². The van der Waals surface area contributed by atoms with Crippen molar-refractivity contribution >= 4 is 5.91 Å². The molecule has 4 nitrogen and oxygen atoms in total. The zero-order valence-electron chi connectivity index (χ0n) is 15.4. The Labute approximate surface area is 151 Å². The number of aliphatic hydroxyl groups excluding tert-OH is 1. The number of hydrogen-bond acceptors (Lipinski definition) is 3. The first-order valence-corrected chi connectivity index (χ1v) is 9.89. The van der Waals surface area contributed by atoms with Gasteiger partial charge in [0.05, 0.1) is 6.10 Å². The number of likely N-dealkylation sites (tertiary alicyclic amines) is 1. The van der Waals surface area contributed by atoms with Crippen LogP contribution in [0, 0.1) is 6.92 Å². The summed E-state index contributed by atoms with van der Waals surface area (Å²) in [5, 5.41) is 13.4. The summed E-state index contributed by atoms with van der Waals surface area (Å²) in [6, 6.07) is 9.02. The Morgan fingerprint density at radius 3 is 2.68 bits per heavy atom. The van der Waals surface area contributed by atoms with E-state index in [1.807, 2.05) is 0 Å². The normalized spacial score (nSPS) is 25.7. The summed E-state index contributed by atoms with van der Waals surface area (Å²) in [4.78, 5) is 14.7. The number of carbonyl (C=O) groups excluding carboxylic acids is 1. The van der Waals surface area contributed by atoms with Gasteiger partial charge in [-0.25, -0.2) is 0 Å². The van der Waals surface area contributed by atoms with Crippen LogP contribution in [0.1, 0.15) is 56.1 Å². The van der Waals surface area contributed by atoms with Crippen LogP contribution in [0.4, 0.5) is 0 Å². The van der Waals surface area contributed by atoms with E-state index in [-0.39, 0.29) is 12.0 Å². The molecule has 2 unspecified atom stereocenters. The first-order valence-electron chi connectivity index (χ1n) is 9.89. The van der Waals surface area contributed by atoms with Crippen molar-refractivity contribution in [2.24, 2.45) is 0 Å². The fourth-order valence-corrected chi connectivity index (χ4v) is 4.32. The van der Waals surface area contributed by atoms with Crippen LogP contribution in [0.3, 0.4) is 0 Å². The second kappa shape index (κ2) is 8.81. The van der Waals surface area contributed by atoms with Gasteiger partial charge in [0, 0.05) is 31.6 Å². The van der Waals surface area contributed by atoms with Gasteiger partial charge < -0.3 is 10.4 Å². The van der Waals surface area contributed by atoms with Crippen LogP contribution in [0.25, 0.3) is 0 Å². The molecule has 2 fully saturated rings. The van der Waals surface area contributed by atoms with E-state index in [1.165, 1.54) is 17.5 Å². The quantitative estimate of drug-likeness (QED) is 0.864. The second-order valence-electron chi connectivity index (χ2n) is 7.79. The third-order valence-corrected chi connectivity index (χ3v) is 5.78. The molecule has 2 atom stereocenters. The van der Waals surface area contributed by atoms with Crippen LogP contribution >= 0.6 is 0 Å². The van der Waals surface area contributed by atoms with Gasteiger partial charge in [0.2, 0.25) is 5.91 Å². The van der Waals surface area contributed by atoms with Crippen LogP contribution in [0.2, 0.25) is 0 Å². The van der Waals surface area contributed by atoms with Crippen LogP contribution in [-0.4, -0.2) is 47.2 Å². The molecule has 2 aliphatic rings. The molecule has 1 saturated heterocycles. The highest BCUT2D eigenvalue weighted by atomic mass is 16.3. The molecule has 1 aliphatic heterocycles. The van der Waals surface area contributed by atoms with Crippen molar-refractivity contribution in [3.05, 3.63) is 35.4 Å². The van der Waals surface area contributed by atoms with Gasteiger partial charge in [0.15, 0.2) is 0 Å². The largest absolute Gasteiger partial charge is 0.391 e. The van der Waals surface area contributed by atoms with Gasteiger partial charge in [-0.15, -0.1) is 0 Å². The molecule has 1 amide bonds. The number of carbonyl (C=O) groups is 1.